The minimum absolute atomic E-state index is 0.245. The fourth-order valence-corrected chi connectivity index (χ4v) is 1.75. The lowest BCUT2D eigenvalue weighted by Gasteiger charge is -2.21. The Morgan fingerprint density at radius 3 is 2.50 bits per heavy atom. The molecule has 1 unspecified atom stereocenters. The first-order valence-corrected chi connectivity index (χ1v) is 5.57. The van der Waals surface area contributed by atoms with Gasteiger partial charge in [-0.1, -0.05) is 6.08 Å². The minimum Gasteiger partial charge on any atom is -0.466 e. The molecule has 0 bridgehead atoms. The summed E-state index contributed by atoms with van der Waals surface area (Å²) < 4.78 is 9.89. The Balaban J connectivity index is 2.61. The first-order chi connectivity index (χ1) is 7.53. The van der Waals surface area contributed by atoms with Gasteiger partial charge in [0.2, 0.25) is 0 Å². The van der Waals surface area contributed by atoms with Gasteiger partial charge in [0.15, 0.2) is 0 Å². The summed E-state index contributed by atoms with van der Waals surface area (Å²) in [6, 6.07) is 0. The molecule has 0 spiro atoms. The lowest BCUT2D eigenvalue weighted by Crippen LogP contribution is -2.28. The molecule has 1 rings (SSSR count). The Hall–Kier alpha value is -1.32. The van der Waals surface area contributed by atoms with Gasteiger partial charge in [0, 0.05) is 5.57 Å². The normalized spacial score (nSPS) is 23.8. The number of allylic oxidation sites excluding steroid dienone is 1. The van der Waals surface area contributed by atoms with Gasteiger partial charge in [-0.25, -0.2) is 4.79 Å². The molecule has 1 aliphatic carbocycles. The summed E-state index contributed by atoms with van der Waals surface area (Å²) in [7, 11) is 0. The quantitative estimate of drug-likeness (QED) is 0.686. The van der Waals surface area contributed by atoms with E-state index in [1.165, 1.54) is 0 Å². The zero-order chi connectivity index (χ0) is 12.2. The topological polar surface area (TPSA) is 52.6 Å². The average Bonchev–Trinajstić information content (AvgIpc) is 2.63. The van der Waals surface area contributed by atoms with Gasteiger partial charge in [0.25, 0.3) is 0 Å². The summed E-state index contributed by atoms with van der Waals surface area (Å²) in [5, 5.41) is 0. The van der Waals surface area contributed by atoms with Crippen LogP contribution in [0.15, 0.2) is 11.6 Å². The summed E-state index contributed by atoms with van der Waals surface area (Å²) in [5.41, 5.74) is -0.0182. The second-order valence-electron chi connectivity index (χ2n) is 4.11. The molecule has 1 atom stereocenters. The molecule has 0 aliphatic heterocycles. The Bertz CT molecular complexity index is 319. The van der Waals surface area contributed by atoms with Crippen molar-refractivity contribution in [2.45, 2.75) is 33.6 Å². The van der Waals surface area contributed by atoms with Crippen molar-refractivity contribution in [3.05, 3.63) is 11.6 Å². The van der Waals surface area contributed by atoms with Crippen molar-refractivity contribution in [1.82, 2.24) is 0 Å². The van der Waals surface area contributed by atoms with Crippen LogP contribution in [0.1, 0.15) is 33.6 Å². The second-order valence-corrected chi connectivity index (χ2v) is 4.11. The van der Waals surface area contributed by atoms with Crippen molar-refractivity contribution in [2.75, 3.05) is 13.2 Å². The van der Waals surface area contributed by atoms with E-state index in [1.54, 1.807) is 19.9 Å². The van der Waals surface area contributed by atoms with Gasteiger partial charge in [0.05, 0.1) is 18.6 Å². The van der Waals surface area contributed by atoms with E-state index in [2.05, 4.69) is 0 Å². The van der Waals surface area contributed by atoms with Gasteiger partial charge < -0.3 is 9.47 Å². The number of carbonyl (C=O) groups excluding carboxylic acids is 2. The molecule has 0 aromatic rings. The van der Waals surface area contributed by atoms with Crippen LogP contribution in [-0.2, 0) is 19.1 Å². The van der Waals surface area contributed by atoms with E-state index in [4.69, 9.17) is 9.47 Å². The van der Waals surface area contributed by atoms with E-state index in [0.717, 1.165) is 0 Å². The van der Waals surface area contributed by atoms with Gasteiger partial charge >= 0.3 is 11.9 Å². The fraction of sp³-hybridized carbons (Fsp3) is 0.667. The molecule has 0 saturated carbocycles. The van der Waals surface area contributed by atoms with Crippen LogP contribution in [0.3, 0.4) is 0 Å². The van der Waals surface area contributed by atoms with Crippen LogP contribution in [-0.4, -0.2) is 25.2 Å². The van der Waals surface area contributed by atoms with Crippen molar-refractivity contribution < 1.29 is 19.1 Å². The third-order valence-corrected chi connectivity index (χ3v) is 2.69. The first kappa shape index (κ1) is 12.7. The molecule has 1 aliphatic rings. The molecule has 0 N–H and O–H groups in total. The predicted molar refractivity (Wildman–Crippen MR) is 58.7 cm³/mol. The summed E-state index contributed by atoms with van der Waals surface area (Å²) in [6.07, 6.45) is 2.72. The van der Waals surface area contributed by atoms with E-state index in [9.17, 15) is 9.59 Å². The summed E-state index contributed by atoms with van der Waals surface area (Å²) >= 11 is 0. The van der Waals surface area contributed by atoms with Crippen molar-refractivity contribution in [1.29, 1.82) is 0 Å². The van der Waals surface area contributed by atoms with Crippen molar-refractivity contribution in [2.24, 2.45) is 5.41 Å². The molecule has 0 saturated heterocycles. The molecule has 90 valence electrons. The van der Waals surface area contributed by atoms with Gasteiger partial charge in [0.1, 0.15) is 0 Å². The fourth-order valence-electron chi connectivity index (χ4n) is 1.75. The van der Waals surface area contributed by atoms with Gasteiger partial charge in [-0.2, -0.15) is 0 Å². The van der Waals surface area contributed by atoms with Crippen LogP contribution in [0, 0.1) is 5.41 Å². The maximum atomic E-state index is 11.7. The molecular weight excluding hydrogens is 208 g/mol. The molecule has 0 heterocycles. The van der Waals surface area contributed by atoms with E-state index >= 15 is 0 Å². The highest BCUT2D eigenvalue weighted by atomic mass is 16.5. The van der Waals surface area contributed by atoms with Gasteiger partial charge in [-0.3, -0.25) is 4.79 Å². The van der Waals surface area contributed by atoms with Crippen LogP contribution >= 0.6 is 0 Å². The van der Waals surface area contributed by atoms with Crippen LogP contribution in [0.4, 0.5) is 0 Å². The molecule has 0 fully saturated rings. The zero-order valence-electron chi connectivity index (χ0n) is 10.0. The van der Waals surface area contributed by atoms with Crippen LogP contribution in [0.2, 0.25) is 0 Å². The van der Waals surface area contributed by atoms with E-state index in [0.29, 0.717) is 31.6 Å². The van der Waals surface area contributed by atoms with E-state index in [-0.39, 0.29) is 11.9 Å². The average molecular weight is 226 g/mol. The minimum atomic E-state index is -0.599. The third-order valence-electron chi connectivity index (χ3n) is 2.69. The summed E-state index contributed by atoms with van der Waals surface area (Å²) in [4.78, 5) is 23.2. The molecule has 0 radical (unpaired) electrons. The lowest BCUT2D eigenvalue weighted by atomic mass is 9.87. The Labute approximate surface area is 95.6 Å². The molecule has 0 amide bonds. The maximum Gasteiger partial charge on any atom is 0.333 e. The van der Waals surface area contributed by atoms with Crippen molar-refractivity contribution in [3.63, 3.8) is 0 Å². The van der Waals surface area contributed by atoms with Crippen LogP contribution < -0.4 is 0 Å². The maximum absolute atomic E-state index is 11.7. The smallest absolute Gasteiger partial charge is 0.333 e. The molecule has 0 aromatic heterocycles. The van der Waals surface area contributed by atoms with Crippen molar-refractivity contribution in [3.8, 4) is 0 Å². The Morgan fingerprint density at radius 1 is 1.31 bits per heavy atom. The number of hydrogen-bond acceptors (Lipinski definition) is 4. The number of ether oxygens (including phenoxy) is 2. The first-order valence-electron chi connectivity index (χ1n) is 5.57. The highest BCUT2D eigenvalue weighted by Gasteiger charge is 2.40. The zero-order valence-corrected chi connectivity index (χ0v) is 10.0. The SMILES string of the molecule is CCOC(=O)C1=CCC(C)(C(=O)OCC)C1. The number of esters is 2. The largest absolute Gasteiger partial charge is 0.466 e. The molecule has 0 aromatic carbocycles. The predicted octanol–water partition coefficient (Wildman–Crippen LogP) is 1.84. The highest BCUT2D eigenvalue weighted by Crippen LogP contribution is 2.38. The monoisotopic (exact) mass is 226 g/mol. The summed E-state index contributed by atoms with van der Waals surface area (Å²) in [6.45, 7) is 6.07. The number of rotatable bonds is 4. The Kier molecular flexibility index (Phi) is 4.10. The number of carbonyl (C=O) groups is 2. The standard InChI is InChI=1S/C12H18O4/c1-4-15-10(13)9-6-7-12(3,8-9)11(14)16-5-2/h6H,4-5,7-8H2,1-3H3. The third kappa shape index (κ3) is 2.62. The molecule has 16 heavy (non-hydrogen) atoms. The second kappa shape index (κ2) is 5.14. The molecule has 4 nitrogen and oxygen atoms in total. The van der Waals surface area contributed by atoms with Crippen molar-refractivity contribution >= 4 is 11.9 Å². The van der Waals surface area contributed by atoms with E-state index < -0.39 is 5.41 Å². The van der Waals surface area contributed by atoms with Crippen LogP contribution in [0.25, 0.3) is 0 Å². The van der Waals surface area contributed by atoms with Gasteiger partial charge in [-0.05, 0) is 33.6 Å². The lowest BCUT2D eigenvalue weighted by molar-refractivity contribution is -0.153. The van der Waals surface area contributed by atoms with Gasteiger partial charge in [-0.15, -0.1) is 0 Å². The molecule has 4 heteroatoms. The van der Waals surface area contributed by atoms with Crippen LogP contribution in [0.5, 0.6) is 0 Å². The summed E-state index contributed by atoms with van der Waals surface area (Å²) in [5.74, 6) is -0.568. The molecular formula is C12H18O4. The van der Waals surface area contributed by atoms with E-state index in [1.807, 2.05) is 6.92 Å². The highest BCUT2D eigenvalue weighted by molar-refractivity contribution is 5.91. The Morgan fingerprint density at radius 2 is 1.94 bits per heavy atom. The number of hydrogen-bond donors (Lipinski definition) is 0.